The SMILES string of the molecule is Cc1cc(C)n(-c2cncc(N3CCN(S(C)(=O)=O)CC3)n2)n1. The van der Waals surface area contributed by atoms with Gasteiger partial charge < -0.3 is 4.90 Å². The second-order valence-corrected chi connectivity index (χ2v) is 7.71. The van der Waals surface area contributed by atoms with Gasteiger partial charge in [0.25, 0.3) is 0 Å². The Morgan fingerprint density at radius 1 is 1.04 bits per heavy atom. The van der Waals surface area contributed by atoms with Gasteiger partial charge in [-0.3, -0.25) is 4.98 Å². The average molecular weight is 336 g/mol. The summed E-state index contributed by atoms with van der Waals surface area (Å²) in [5, 5.41) is 4.42. The fourth-order valence-electron chi connectivity index (χ4n) is 2.71. The summed E-state index contributed by atoms with van der Waals surface area (Å²) in [7, 11) is -3.13. The number of nitrogens with zero attached hydrogens (tertiary/aromatic N) is 6. The highest BCUT2D eigenvalue weighted by molar-refractivity contribution is 7.88. The zero-order valence-electron chi connectivity index (χ0n) is 13.5. The predicted molar refractivity (Wildman–Crippen MR) is 87.3 cm³/mol. The number of sulfonamides is 1. The van der Waals surface area contributed by atoms with Crippen molar-refractivity contribution >= 4 is 15.8 Å². The second-order valence-electron chi connectivity index (χ2n) is 5.72. The summed E-state index contributed by atoms with van der Waals surface area (Å²) in [6.07, 6.45) is 4.62. The average Bonchev–Trinajstić information content (AvgIpc) is 2.85. The van der Waals surface area contributed by atoms with Crippen LogP contribution in [0.3, 0.4) is 0 Å². The molecule has 0 radical (unpaired) electrons. The highest BCUT2D eigenvalue weighted by Gasteiger charge is 2.24. The van der Waals surface area contributed by atoms with Crippen molar-refractivity contribution in [2.24, 2.45) is 0 Å². The summed E-state index contributed by atoms with van der Waals surface area (Å²) in [5.41, 5.74) is 1.92. The molecule has 23 heavy (non-hydrogen) atoms. The molecule has 1 aliphatic rings. The van der Waals surface area contributed by atoms with E-state index < -0.39 is 10.0 Å². The minimum absolute atomic E-state index is 0.463. The summed E-state index contributed by atoms with van der Waals surface area (Å²) in [6.45, 7) is 6.03. The quantitative estimate of drug-likeness (QED) is 0.805. The molecule has 0 aromatic carbocycles. The highest BCUT2D eigenvalue weighted by atomic mass is 32.2. The molecule has 3 heterocycles. The van der Waals surface area contributed by atoms with E-state index in [9.17, 15) is 8.42 Å². The molecule has 124 valence electrons. The van der Waals surface area contributed by atoms with Crippen LogP contribution in [0.4, 0.5) is 5.82 Å². The fraction of sp³-hybridized carbons (Fsp3) is 0.500. The van der Waals surface area contributed by atoms with E-state index in [1.54, 1.807) is 17.1 Å². The molecule has 3 rings (SSSR count). The number of anilines is 1. The van der Waals surface area contributed by atoms with Gasteiger partial charge in [0.2, 0.25) is 10.0 Å². The minimum atomic E-state index is -3.13. The van der Waals surface area contributed by atoms with Crippen LogP contribution in [0.2, 0.25) is 0 Å². The van der Waals surface area contributed by atoms with Gasteiger partial charge in [-0.2, -0.15) is 9.40 Å². The van der Waals surface area contributed by atoms with Crippen LogP contribution >= 0.6 is 0 Å². The molecule has 1 fully saturated rings. The van der Waals surface area contributed by atoms with Crippen molar-refractivity contribution in [2.45, 2.75) is 13.8 Å². The van der Waals surface area contributed by atoms with Crippen LogP contribution in [0.1, 0.15) is 11.4 Å². The van der Waals surface area contributed by atoms with Gasteiger partial charge in [0, 0.05) is 31.9 Å². The van der Waals surface area contributed by atoms with Crippen LogP contribution in [0.15, 0.2) is 18.5 Å². The van der Waals surface area contributed by atoms with Crippen LogP contribution in [-0.2, 0) is 10.0 Å². The van der Waals surface area contributed by atoms with Crippen molar-refractivity contribution in [3.05, 3.63) is 29.8 Å². The van der Waals surface area contributed by atoms with E-state index >= 15 is 0 Å². The zero-order chi connectivity index (χ0) is 16.6. The number of rotatable bonds is 3. The largest absolute Gasteiger partial charge is 0.353 e. The molecule has 1 aliphatic heterocycles. The van der Waals surface area contributed by atoms with Gasteiger partial charge in [-0.1, -0.05) is 0 Å². The van der Waals surface area contributed by atoms with E-state index in [2.05, 4.69) is 15.1 Å². The molecular formula is C14H20N6O2S. The Morgan fingerprint density at radius 2 is 1.70 bits per heavy atom. The normalized spacial score (nSPS) is 16.7. The summed E-state index contributed by atoms with van der Waals surface area (Å²) >= 11 is 0. The van der Waals surface area contributed by atoms with Gasteiger partial charge in [-0.25, -0.2) is 18.1 Å². The van der Waals surface area contributed by atoms with E-state index in [0.29, 0.717) is 32.0 Å². The first-order chi connectivity index (χ1) is 10.8. The Hall–Kier alpha value is -2.00. The zero-order valence-corrected chi connectivity index (χ0v) is 14.3. The Morgan fingerprint density at radius 3 is 2.26 bits per heavy atom. The van der Waals surface area contributed by atoms with Gasteiger partial charge in [-0.05, 0) is 19.9 Å². The van der Waals surface area contributed by atoms with Crippen molar-refractivity contribution in [2.75, 3.05) is 37.3 Å². The van der Waals surface area contributed by atoms with E-state index in [-0.39, 0.29) is 0 Å². The van der Waals surface area contributed by atoms with Crippen molar-refractivity contribution in [1.82, 2.24) is 24.1 Å². The first-order valence-corrected chi connectivity index (χ1v) is 9.25. The van der Waals surface area contributed by atoms with Gasteiger partial charge in [0.05, 0.1) is 24.3 Å². The van der Waals surface area contributed by atoms with Crippen molar-refractivity contribution in [1.29, 1.82) is 0 Å². The van der Waals surface area contributed by atoms with Gasteiger partial charge >= 0.3 is 0 Å². The first kappa shape index (κ1) is 15.9. The third kappa shape index (κ3) is 3.35. The summed E-state index contributed by atoms with van der Waals surface area (Å²) in [6, 6.07) is 1.99. The second kappa shape index (κ2) is 5.89. The molecule has 0 amide bonds. The molecule has 1 saturated heterocycles. The molecule has 0 saturated carbocycles. The molecule has 0 atom stereocenters. The van der Waals surface area contributed by atoms with Gasteiger partial charge in [0.1, 0.15) is 5.82 Å². The summed E-state index contributed by atoms with van der Waals surface area (Å²) in [5.74, 6) is 1.40. The lowest BCUT2D eigenvalue weighted by molar-refractivity contribution is 0.386. The van der Waals surface area contributed by atoms with Crippen molar-refractivity contribution < 1.29 is 8.42 Å². The van der Waals surface area contributed by atoms with Gasteiger partial charge in [0.15, 0.2) is 5.82 Å². The molecule has 0 N–H and O–H groups in total. The standard InChI is InChI=1S/C14H20N6O2S/c1-11-8-12(2)20(17-11)14-10-15-9-13(16-14)18-4-6-19(7-5-18)23(3,21)22/h8-10H,4-7H2,1-3H3. The Balaban J connectivity index is 1.80. The molecular weight excluding hydrogens is 316 g/mol. The summed E-state index contributed by atoms with van der Waals surface area (Å²) in [4.78, 5) is 10.9. The lowest BCUT2D eigenvalue weighted by Crippen LogP contribution is -2.48. The number of aryl methyl sites for hydroxylation is 2. The van der Waals surface area contributed by atoms with Crippen LogP contribution in [-0.4, -0.2) is 64.9 Å². The van der Waals surface area contributed by atoms with E-state index in [0.717, 1.165) is 17.2 Å². The van der Waals surface area contributed by atoms with Crippen LogP contribution in [0.5, 0.6) is 0 Å². The Labute approximate surface area is 135 Å². The van der Waals surface area contributed by atoms with Gasteiger partial charge in [-0.15, -0.1) is 0 Å². The smallest absolute Gasteiger partial charge is 0.211 e. The third-order valence-corrected chi connectivity index (χ3v) is 5.17. The highest BCUT2D eigenvalue weighted by Crippen LogP contribution is 2.16. The molecule has 2 aromatic heterocycles. The minimum Gasteiger partial charge on any atom is -0.353 e. The maximum absolute atomic E-state index is 11.6. The Kier molecular flexibility index (Phi) is 4.07. The van der Waals surface area contributed by atoms with Crippen molar-refractivity contribution in [3.63, 3.8) is 0 Å². The predicted octanol–water partition coefficient (Wildman–Crippen LogP) is 0.361. The maximum atomic E-state index is 11.6. The lowest BCUT2D eigenvalue weighted by Gasteiger charge is -2.33. The molecule has 9 heteroatoms. The number of aromatic nitrogens is 4. The molecule has 0 bridgehead atoms. The molecule has 0 aliphatic carbocycles. The number of hydrogen-bond donors (Lipinski definition) is 0. The Bertz CT molecular complexity index is 808. The van der Waals surface area contributed by atoms with Crippen LogP contribution < -0.4 is 4.90 Å². The molecule has 0 unspecified atom stereocenters. The molecule has 0 spiro atoms. The lowest BCUT2D eigenvalue weighted by atomic mass is 10.3. The maximum Gasteiger partial charge on any atom is 0.211 e. The van der Waals surface area contributed by atoms with Crippen molar-refractivity contribution in [3.8, 4) is 5.82 Å². The fourth-order valence-corrected chi connectivity index (χ4v) is 3.54. The van der Waals surface area contributed by atoms with Crippen LogP contribution in [0.25, 0.3) is 5.82 Å². The summed E-state index contributed by atoms with van der Waals surface area (Å²) < 4.78 is 26.4. The molecule has 2 aromatic rings. The topological polar surface area (TPSA) is 84.2 Å². The monoisotopic (exact) mass is 336 g/mol. The number of hydrogen-bond acceptors (Lipinski definition) is 6. The molecule has 8 nitrogen and oxygen atoms in total. The first-order valence-electron chi connectivity index (χ1n) is 7.40. The number of piperazine rings is 1. The van der Waals surface area contributed by atoms with E-state index in [1.165, 1.54) is 10.6 Å². The van der Waals surface area contributed by atoms with Crippen LogP contribution in [0, 0.1) is 13.8 Å². The van der Waals surface area contributed by atoms with E-state index in [1.807, 2.05) is 24.8 Å². The van der Waals surface area contributed by atoms with E-state index in [4.69, 9.17) is 0 Å². The third-order valence-electron chi connectivity index (χ3n) is 3.87.